The van der Waals surface area contributed by atoms with E-state index in [4.69, 9.17) is 16.3 Å². The smallest absolute Gasteiger partial charge is 0.248 e. The van der Waals surface area contributed by atoms with Gasteiger partial charge in [-0.25, -0.2) is 17.2 Å². The van der Waals surface area contributed by atoms with Crippen LogP contribution in [-0.4, -0.2) is 33.7 Å². The van der Waals surface area contributed by atoms with Crippen LogP contribution in [0.25, 0.3) is 0 Å². The zero-order chi connectivity index (χ0) is 21.1. The summed E-state index contributed by atoms with van der Waals surface area (Å²) in [7, 11) is -2.57. The van der Waals surface area contributed by atoms with Crippen molar-refractivity contribution in [3.05, 3.63) is 53.1 Å². The van der Waals surface area contributed by atoms with Crippen molar-refractivity contribution in [1.29, 1.82) is 0 Å². The highest BCUT2D eigenvalue weighted by Gasteiger charge is 2.33. The van der Waals surface area contributed by atoms with Gasteiger partial charge in [0.2, 0.25) is 15.9 Å². The van der Waals surface area contributed by atoms with E-state index in [1.807, 2.05) is 0 Å². The summed E-state index contributed by atoms with van der Waals surface area (Å²) in [6.07, 6.45) is 1.04. The van der Waals surface area contributed by atoms with E-state index in [0.717, 1.165) is 22.7 Å². The largest absolute Gasteiger partial charge is 0.495 e. The van der Waals surface area contributed by atoms with Crippen molar-refractivity contribution in [2.24, 2.45) is 0 Å². The minimum atomic E-state index is -3.93. The van der Waals surface area contributed by atoms with E-state index in [1.54, 1.807) is 6.92 Å². The predicted octanol–water partition coefficient (Wildman–Crippen LogP) is 3.81. The lowest BCUT2D eigenvalue weighted by Gasteiger charge is -2.31. The van der Waals surface area contributed by atoms with Gasteiger partial charge in [0.15, 0.2) is 11.6 Å². The molecule has 0 aliphatic rings. The molecule has 2 rings (SSSR count). The average Bonchev–Trinajstić information content (AvgIpc) is 2.61. The minimum absolute atomic E-state index is 0.00569. The highest BCUT2D eigenvalue weighted by molar-refractivity contribution is 7.92. The van der Waals surface area contributed by atoms with E-state index in [-0.39, 0.29) is 28.6 Å². The van der Waals surface area contributed by atoms with E-state index >= 15 is 0 Å². The molecule has 1 N–H and O–H groups in total. The van der Waals surface area contributed by atoms with Crippen LogP contribution in [0.15, 0.2) is 36.4 Å². The molecule has 0 heterocycles. The van der Waals surface area contributed by atoms with Crippen molar-refractivity contribution in [1.82, 2.24) is 0 Å². The van der Waals surface area contributed by atoms with Crippen LogP contribution in [0.2, 0.25) is 5.02 Å². The molecule has 0 unspecified atom stereocenters. The van der Waals surface area contributed by atoms with Gasteiger partial charge in [0.05, 0.1) is 19.1 Å². The second-order valence-electron chi connectivity index (χ2n) is 5.92. The lowest BCUT2D eigenvalue weighted by molar-refractivity contribution is -0.117. The fraction of sp³-hybridized carbons (Fsp3) is 0.278. The quantitative estimate of drug-likeness (QED) is 0.721. The van der Waals surface area contributed by atoms with E-state index in [2.05, 4.69) is 5.32 Å². The third-order valence-electron chi connectivity index (χ3n) is 3.90. The van der Waals surface area contributed by atoms with Crippen LogP contribution in [0, 0.1) is 11.6 Å². The number of hydrogen-bond donors (Lipinski definition) is 1. The van der Waals surface area contributed by atoms with Gasteiger partial charge in [-0.05, 0) is 36.8 Å². The summed E-state index contributed by atoms with van der Waals surface area (Å²) in [5.41, 5.74) is 0.0821. The first-order chi connectivity index (χ1) is 13.1. The van der Waals surface area contributed by atoms with Crippen molar-refractivity contribution < 1.29 is 26.7 Å². The Morgan fingerprint density at radius 3 is 2.43 bits per heavy atom. The minimum Gasteiger partial charge on any atom is -0.495 e. The summed E-state index contributed by atoms with van der Waals surface area (Å²) in [6.45, 7) is 1.62. The van der Waals surface area contributed by atoms with Crippen molar-refractivity contribution in [3.63, 3.8) is 0 Å². The summed E-state index contributed by atoms with van der Waals surface area (Å²) in [5, 5.41) is 2.66. The molecule has 0 aliphatic carbocycles. The standard InChI is InChI=1S/C18H19ClF2N2O4S/c1-4-15(18(24)22-12-6-7-13(20)14(21)10-12)23(28(3,25)26)16-9-11(19)5-8-17(16)27-2/h5-10,15H,4H2,1-3H3,(H,22,24)/t15-/m0/s1. The highest BCUT2D eigenvalue weighted by atomic mass is 35.5. The Morgan fingerprint density at radius 2 is 1.89 bits per heavy atom. The van der Waals surface area contributed by atoms with Crippen LogP contribution < -0.4 is 14.4 Å². The van der Waals surface area contributed by atoms with E-state index in [1.165, 1.54) is 31.4 Å². The van der Waals surface area contributed by atoms with Gasteiger partial charge in [0, 0.05) is 16.8 Å². The number of nitrogens with zero attached hydrogens (tertiary/aromatic N) is 1. The van der Waals surface area contributed by atoms with E-state index in [9.17, 15) is 22.0 Å². The number of nitrogens with one attached hydrogen (secondary N) is 1. The van der Waals surface area contributed by atoms with Gasteiger partial charge in [-0.1, -0.05) is 18.5 Å². The molecule has 2 aromatic rings. The monoisotopic (exact) mass is 432 g/mol. The highest BCUT2D eigenvalue weighted by Crippen LogP contribution is 2.35. The number of hydrogen-bond acceptors (Lipinski definition) is 4. The summed E-state index contributed by atoms with van der Waals surface area (Å²) >= 11 is 6.00. The Kier molecular flexibility index (Phi) is 6.84. The van der Waals surface area contributed by atoms with Gasteiger partial charge < -0.3 is 10.1 Å². The fourth-order valence-electron chi connectivity index (χ4n) is 2.67. The van der Waals surface area contributed by atoms with Gasteiger partial charge in [-0.15, -0.1) is 0 Å². The Bertz CT molecular complexity index is 986. The molecule has 2 aromatic carbocycles. The zero-order valence-electron chi connectivity index (χ0n) is 15.4. The van der Waals surface area contributed by atoms with Crippen LogP contribution in [0.5, 0.6) is 5.75 Å². The summed E-state index contributed by atoms with van der Waals surface area (Å²) < 4.78 is 57.6. The van der Waals surface area contributed by atoms with Crippen molar-refractivity contribution >= 4 is 38.9 Å². The number of ether oxygens (including phenoxy) is 1. The average molecular weight is 433 g/mol. The topological polar surface area (TPSA) is 75.7 Å². The predicted molar refractivity (Wildman–Crippen MR) is 104 cm³/mol. The number of benzene rings is 2. The Balaban J connectivity index is 2.47. The van der Waals surface area contributed by atoms with Crippen LogP contribution in [0.4, 0.5) is 20.2 Å². The Labute approximate surface area is 167 Å². The van der Waals surface area contributed by atoms with Gasteiger partial charge >= 0.3 is 0 Å². The first-order valence-corrected chi connectivity index (χ1v) is 10.4. The maximum absolute atomic E-state index is 13.4. The Hall–Kier alpha value is -2.39. The molecule has 0 radical (unpaired) electrons. The van der Waals surface area contributed by atoms with Crippen LogP contribution in [-0.2, 0) is 14.8 Å². The summed E-state index contributed by atoms with van der Waals surface area (Å²) in [4.78, 5) is 12.8. The van der Waals surface area contributed by atoms with Gasteiger partial charge in [0.25, 0.3) is 0 Å². The molecule has 10 heteroatoms. The summed E-state index contributed by atoms with van der Waals surface area (Å²) in [6, 6.07) is 6.03. The molecule has 28 heavy (non-hydrogen) atoms. The lowest BCUT2D eigenvalue weighted by atomic mass is 10.1. The van der Waals surface area contributed by atoms with Crippen molar-refractivity contribution in [2.45, 2.75) is 19.4 Å². The molecule has 1 atom stereocenters. The number of anilines is 2. The van der Waals surface area contributed by atoms with E-state index < -0.39 is 33.6 Å². The second kappa shape index (κ2) is 8.74. The van der Waals surface area contributed by atoms with E-state index in [0.29, 0.717) is 0 Å². The number of amides is 1. The molecule has 0 aromatic heterocycles. The maximum atomic E-state index is 13.4. The third kappa shape index (κ3) is 4.90. The van der Waals surface area contributed by atoms with Crippen LogP contribution in [0.1, 0.15) is 13.3 Å². The molecule has 0 bridgehead atoms. The number of sulfonamides is 1. The number of carbonyl (C=O) groups excluding carboxylic acids is 1. The molecule has 0 saturated carbocycles. The maximum Gasteiger partial charge on any atom is 0.248 e. The molecule has 1 amide bonds. The van der Waals surface area contributed by atoms with Gasteiger partial charge in [-0.3, -0.25) is 9.10 Å². The molecule has 0 saturated heterocycles. The molecule has 6 nitrogen and oxygen atoms in total. The fourth-order valence-corrected chi connectivity index (χ4v) is 4.04. The number of rotatable bonds is 7. The van der Waals surface area contributed by atoms with Crippen molar-refractivity contribution in [2.75, 3.05) is 23.0 Å². The second-order valence-corrected chi connectivity index (χ2v) is 8.21. The van der Waals surface area contributed by atoms with Crippen LogP contribution >= 0.6 is 11.6 Å². The van der Waals surface area contributed by atoms with Gasteiger partial charge in [-0.2, -0.15) is 0 Å². The summed E-state index contributed by atoms with van der Waals surface area (Å²) in [5.74, 6) is -2.72. The Morgan fingerprint density at radius 1 is 1.21 bits per heavy atom. The molecule has 0 spiro atoms. The number of halogens is 3. The first kappa shape index (κ1) is 21.9. The number of methoxy groups -OCH3 is 1. The third-order valence-corrected chi connectivity index (χ3v) is 5.30. The van der Waals surface area contributed by atoms with Gasteiger partial charge in [0.1, 0.15) is 11.8 Å². The molecule has 0 aliphatic heterocycles. The molecule has 152 valence electrons. The first-order valence-electron chi connectivity index (χ1n) is 8.17. The lowest BCUT2D eigenvalue weighted by Crippen LogP contribution is -2.47. The van der Waals surface area contributed by atoms with Crippen molar-refractivity contribution in [3.8, 4) is 5.75 Å². The molecule has 0 fully saturated rings. The normalized spacial score (nSPS) is 12.4. The number of carbonyl (C=O) groups is 1. The van der Waals surface area contributed by atoms with Crippen LogP contribution in [0.3, 0.4) is 0 Å². The molecular formula is C18H19ClF2N2O4S. The molecular weight excluding hydrogens is 414 g/mol. The SMILES string of the molecule is CC[C@@H](C(=O)Nc1ccc(F)c(F)c1)N(c1cc(Cl)ccc1OC)S(C)(=O)=O. The zero-order valence-corrected chi connectivity index (χ0v) is 16.9.